The highest BCUT2D eigenvalue weighted by Gasteiger charge is 2.51. The van der Waals surface area contributed by atoms with Crippen molar-refractivity contribution in [2.45, 2.75) is 5.41 Å². The first-order valence-corrected chi connectivity index (χ1v) is 37.4. The van der Waals surface area contributed by atoms with Gasteiger partial charge in [0.1, 0.15) is 0 Å². The van der Waals surface area contributed by atoms with Crippen molar-refractivity contribution in [3.05, 3.63) is 441 Å². The topological polar surface area (TPSA) is 38.7 Å². The Morgan fingerprint density at radius 2 is 0.303 bits per heavy atom. The molecule has 2 aliphatic rings. The Morgan fingerprint density at radius 3 is 0.596 bits per heavy atom. The van der Waals surface area contributed by atoms with Crippen molar-refractivity contribution in [3.8, 4) is 179 Å². The molecule has 18 aromatic rings. The van der Waals surface area contributed by atoms with E-state index in [1.807, 2.05) is 0 Å². The third-order valence-electron chi connectivity index (χ3n) is 22.1. The van der Waals surface area contributed by atoms with Gasteiger partial charge in [-0.2, -0.15) is 0 Å². The van der Waals surface area contributed by atoms with E-state index in [1.165, 1.54) is 94.6 Å². The van der Waals surface area contributed by atoms with Crippen LogP contribution in [0.2, 0.25) is 0 Å². The zero-order chi connectivity index (χ0) is 72.2. The molecule has 508 valence electrons. The minimum atomic E-state index is -0.406. The molecule has 1 heterocycles. The lowest BCUT2D eigenvalue weighted by Crippen LogP contribution is -2.25. The fraction of sp³-hybridized carbons (Fsp3) is 0.00943. The third kappa shape index (κ3) is 11.9. The van der Waals surface area contributed by atoms with Crippen LogP contribution < -0.4 is 0 Å². The van der Waals surface area contributed by atoms with Gasteiger partial charge in [-0.25, -0.2) is 15.0 Å². The van der Waals surface area contributed by atoms with Crippen LogP contribution in [0.25, 0.3) is 179 Å². The summed E-state index contributed by atoms with van der Waals surface area (Å²) in [5.74, 6) is 1.76. The van der Waals surface area contributed by atoms with Gasteiger partial charge in [0.05, 0.1) is 5.41 Å². The maximum atomic E-state index is 5.39. The first-order valence-electron chi connectivity index (χ1n) is 37.4. The monoisotopic (exact) mass is 1380 g/mol. The van der Waals surface area contributed by atoms with Gasteiger partial charge in [-0.1, -0.05) is 352 Å². The molecule has 0 saturated carbocycles. The van der Waals surface area contributed by atoms with Crippen LogP contribution in [0.4, 0.5) is 0 Å². The molecule has 2 aliphatic carbocycles. The zero-order valence-corrected chi connectivity index (χ0v) is 59.7. The lowest BCUT2D eigenvalue weighted by Gasteiger charge is -2.30. The van der Waals surface area contributed by atoms with Crippen LogP contribution in [-0.4, -0.2) is 15.0 Å². The van der Waals surface area contributed by atoms with E-state index in [0.29, 0.717) is 17.5 Å². The molecule has 0 saturated heterocycles. The molecule has 17 aromatic carbocycles. The van der Waals surface area contributed by atoms with E-state index >= 15 is 0 Å². The van der Waals surface area contributed by atoms with E-state index in [-0.39, 0.29) is 0 Å². The largest absolute Gasteiger partial charge is 0.208 e. The first kappa shape index (κ1) is 64.4. The number of aromatic nitrogens is 3. The van der Waals surface area contributed by atoms with Gasteiger partial charge in [0.25, 0.3) is 0 Å². The Bertz CT molecular complexity index is 6480. The molecule has 0 unspecified atom stereocenters. The number of hydrogen-bond acceptors (Lipinski definition) is 3. The Labute approximate surface area is 635 Å². The van der Waals surface area contributed by atoms with Crippen LogP contribution in [0.1, 0.15) is 22.3 Å². The van der Waals surface area contributed by atoms with Gasteiger partial charge in [0.2, 0.25) is 0 Å². The molecule has 3 nitrogen and oxygen atoms in total. The highest BCUT2D eigenvalue weighted by Crippen LogP contribution is 2.63. The van der Waals surface area contributed by atoms with Crippen molar-refractivity contribution in [3.63, 3.8) is 0 Å². The van der Waals surface area contributed by atoms with E-state index in [1.54, 1.807) is 0 Å². The quantitative estimate of drug-likeness (QED) is 0.109. The SMILES string of the molecule is c1ccc(-c2cccc(-c3cccc(-c4ccc(-c5nc(-c6cccc(-c7cccc(-c8cccc(-c9cccc(-c%10ccccc%10)c9)c8)c7)c6)nc(-c6cccc(-c7cccc(-c8cccc(-c9cccc(-c%10ccc%11c(c%10)C%10(c%12ccccc%12-c%12ccccc%12%10)c%10ccccc%10-%11)c9)c8)c7)c6)n5)cc4)c3)c2)cc1. The van der Waals surface area contributed by atoms with Crippen LogP contribution >= 0.6 is 0 Å². The number of nitrogens with zero attached hydrogens (tertiary/aromatic N) is 3. The Kier molecular flexibility index (Phi) is 16.1. The molecule has 0 fully saturated rings. The summed E-state index contributed by atoms with van der Waals surface area (Å²) >= 11 is 0. The van der Waals surface area contributed by atoms with Crippen molar-refractivity contribution in [1.82, 2.24) is 15.0 Å². The first-order chi connectivity index (χ1) is 53.9. The van der Waals surface area contributed by atoms with Crippen molar-refractivity contribution in [2.75, 3.05) is 0 Å². The van der Waals surface area contributed by atoms with Gasteiger partial charge < -0.3 is 0 Å². The number of rotatable bonds is 14. The molecule has 0 bridgehead atoms. The lowest BCUT2D eigenvalue weighted by atomic mass is 9.70. The van der Waals surface area contributed by atoms with Crippen LogP contribution in [0.3, 0.4) is 0 Å². The summed E-state index contributed by atoms with van der Waals surface area (Å²) in [4.78, 5) is 16.1. The summed E-state index contributed by atoms with van der Waals surface area (Å²) in [5, 5.41) is 0. The summed E-state index contributed by atoms with van der Waals surface area (Å²) in [5.41, 5.74) is 38.1. The number of benzene rings is 17. The average Bonchev–Trinajstić information content (AvgIpc) is 1.51. The molecule has 0 radical (unpaired) electrons. The highest BCUT2D eigenvalue weighted by atomic mass is 15.0. The second-order valence-corrected chi connectivity index (χ2v) is 28.6. The molecule has 0 aliphatic heterocycles. The fourth-order valence-electron chi connectivity index (χ4n) is 16.8. The van der Waals surface area contributed by atoms with Crippen LogP contribution in [0, 0.1) is 0 Å². The molecule has 20 rings (SSSR count). The predicted octanol–water partition coefficient (Wildman–Crippen LogP) is 27.6. The standard InChI is InChI=1S/C106H69N3/c1-3-23-70(24-4-1)74-27-13-30-77(59-74)79-32-15-29-76(61-79)72-53-55-73(56-54-72)103-107-104(93-45-21-43-90(67-93)87-40-18-37-84(64-87)81-34-16-33-80(62-81)78-31-14-28-75(60-78)71-25-5-2-6-26-71)109-105(108-103)94-46-22-44-91(68-94)88-41-19-38-85(65-88)82-35-17-36-83(63-82)86-39-20-42-89(66-86)92-57-58-98-97-49-9-12-52-101(97)106(102(98)69-92)99-50-10-7-47-95(99)96-48-8-11-51-100(96)106/h1-69H. The Morgan fingerprint density at radius 1 is 0.119 bits per heavy atom. The Hall–Kier alpha value is -14.3. The third-order valence-corrected chi connectivity index (χ3v) is 22.1. The molecular weight excluding hydrogens is 1320 g/mol. The van der Waals surface area contributed by atoms with Crippen LogP contribution in [0.5, 0.6) is 0 Å². The highest BCUT2D eigenvalue weighted by molar-refractivity contribution is 5.97. The van der Waals surface area contributed by atoms with Gasteiger partial charge in [-0.05, 0) is 234 Å². The molecule has 0 N–H and O–H groups in total. The van der Waals surface area contributed by atoms with Gasteiger partial charge in [-0.15, -0.1) is 0 Å². The summed E-state index contributed by atoms with van der Waals surface area (Å²) in [6.07, 6.45) is 0. The maximum absolute atomic E-state index is 5.39. The van der Waals surface area contributed by atoms with E-state index in [4.69, 9.17) is 15.0 Å². The molecule has 3 heteroatoms. The second-order valence-electron chi connectivity index (χ2n) is 28.6. The van der Waals surface area contributed by atoms with Crippen molar-refractivity contribution < 1.29 is 0 Å². The smallest absolute Gasteiger partial charge is 0.164 e. The van der Waals surface area contributed by atoms with Gasteiger partial charge in [-0.3, -0.25) is 0 Å². The average molecular weight is 1380 g/mol. The summed E-state index contributed by atoms with van der Waals surface area (Å²) in [6.45, 7) is 0. The van der Waals surface area contributed by atoms with Crippen molar-refractivity contribution in [2.24, 2.45) is 0 Å². The maximum Gasteiger partial charge on any atom is 0.164 e. The molecule has 0 amide bonds. The van der Waals surface area contributed by atoms with Crippen molar-refractivity contribution >= 4 is 0 Å². The van der Waals surface area contributed by atoms with Gasteiger partial charge >= 0.3 is 0 Å². The van der Waals surface area contributed by atoms with Gasteiger partial charge in [0.15, 0.2) is 17.5 Å². The minimum absolute atomic E-state index is 0.406. The second kappa shape index (κ2) is 27.3. The molecule has 0 atom stereocenters. The number of fused-ring (bicyclic) bond motifs is 10. The molecule has 1 spiro atoms. The lowest BCUT2D eigenvalue weighted by molar-refractivity contribution is 0.794. The van der Waals surface area contributed by atoms with Gasteiger partial charge in [0, 0.05) is 16.7 Å². The normalized spacial score (nSPS) is 12.1. The fourth-order valence-corrected chi connectivity index (χ4v) is 16.8. The van der Waals surface area contributed by atoms with Crippen molar-refractivity contribution in [1.29, 1.82) is 0 Å². The summed E-state index contributed by atoms with van der Waals surface area (Å²) < 4.78 is 0. The van der Waals surface area contributed by atoms with Crippen LogP contribution in [0.15, 0.2) is 419 Å². The zero-order valence-electron chi connectivity index (χ0n) is 59.7. The summed E-state index contributed by atoms with van der Waals surface area (Å²) in [7, 11) is 0. The van der Waals surface area contributed by atoms with E-state index in [2.05, 4.69) is 419 Å². The summed E-state index contributed by atoms with van der Waals surface area (Å²) in [6, 6.07) is 152. The molecule has 109 heavy (non-hydrogen) atoms. The molecular formula is C106H69N3. The van der Waals surface area contributed by atoms with E-state index < -0.39 is 5.41 Å². The van der Waals surface area contributed by atoms with Crippen LogP contribution in [-0.2, 0) is 5.41 Å². The van der Waals surface area contributed by atoms with E-state index in [9.17, 15) is 0 Å². The predicted molar refractivity (Wildman–Crippen MR) is 452 cm³/mol. The van der Waals surface area contributed by atoms with E-state index in [0.717, 1.165) is 89.0 Å². The minimum Gasteiger partial charge on any atom is -0.208 e. The Balaban J connectivity index is 0.622. The number of hydrogen-bond donors (Lipinski definition) is 0. The molecule has 1 aromatic heterocycles.